The Morgan fingerprint density at radius 3 is 1.94 bits per heavy atom. The van der Waals surface area contributed by atoms with Gasteiger partial charge in [0.2, 0.25) is 6.29 Å². The van der Waals surface area contributed by atoms with Crippen molar-refractivity contribution in [2.45, 2.75) is 51.4 Å². The molecule has 0 bridgehead atoms. The zero-order chi connectivity index (χ0) is 12.7. The summed E-state index contributed by atoms with van der Waals surface area (Å²) < 4.78 is 20.4. The van der Waals surface area contributed by atoms with Crippen LogP contribution in [0.1, 0.15) is 27.7 Å². The summed E-state index contributed by atoms with van der Waals surface area (Å²) in [6, 6.07) is 0. The van der Waals surface area contributed by atoms with E-state index in [9.17, 15) is 4.79 Å². The van der Waals surface area contributed by atoms with Gasteiger partial charge < -0.3 is 18.9 Å². The highest BCUT2D eigenvalue weighted by atomic mass is 79.9. The Bertz CT molecular complexity index is 209. The normalized spacial score (nSPS) is 18.6. The molecule has 0 aromatic carbocycles. The molecule has 0 fully saturated rings. The quantitative estimate of drug-likeness (QED) is 0.409. The first-order valence-electron chi connectivity index (χ1n) is 5.05. The van der Waals surface area contributed by atoms with Gasteiger partial charge in [-0.3, -0.25) is 4.79 Å². The first-order chi connectivity index (χ1) is 7.36. The van der Waals surface area contributed by atoms with Gasteiger partial charge in [-0.05, 0) is 27.7 Å². The van der Waals surface area contributed by atoms with Crippen LogP contribution in [-0.4, -0.2) is 36.8 Å². The second-order valence-corrected chi connectivity index (χ2v) is 4.64. The Kier molecular flexibility index (Phi) is 7.91. The molecule has 0 heterocycles. The van der Waals surface area contributed by atoms with Crippen molar-refractivity contribution in [3.05, 3.63) is 0 Å². The highest BCUT2D eigenvalue weighted by Gasteiger charge is 2.17. The van der Waals surface area contributed by atoms with E-state index in [1.54, 1.807) is 27.7 Å². The smallest absolute Gasteiger partial charge is 0.321 e. The summed E-state index contributed by atoms with van der Waals surface area (Å²) in [6.45, 7) is 6.76. The Balaban J connectivity index is 3.86. The number of ether oxygens (including phenoxy) is 4. The first kappa shape index (κ1) is 15.8. The van der Waals surface area contributed by atoms with Crippen LogP contribution < -0.4 is 0 Å². The van der Waals surface area contributed by atoms with Gasteiger partial charge in [-0.25, -0.2) is 0 Å². The summed E-state index contributed by atoms with van der Waals surface area (Å²) in [6.07, 6.45) is -1.54. The van der Waals surface area contributed by atoms with Crippen LogP contribution in [0.15, 0.2) is 0 Å². The van der Waals surface area contributed by atoms with Crippen molar-refractivity contribution in [2.24, 2.45) is 0 Å². The molecule has 0 aromatic rings. The monoisotopic (exact) mass is 298 g/mol. The van der Waals surface area contributed by atoms with Crippen LogP contribution in [0.5, 0.6) is 0 Å². The van der Waals surface area contributed by atoms with Gasteiger partial charge in [0, 0.05) is 7.11 Å². The fourth-order valence-electron chi connectivity index (χ4n) is 0.912. The number of hydrogen-bond acceptors (Lipinski definition) is 5. The van der Waals surface area contributed by atoms with Crippen molar-refractivity contribution in [1.82, 2.24) is 0 Å². The lowest BCUT2D eigenvalue weighted by Gasteiger charge is -2.22. The SMILES string of the molecule is COC(C)OC(C)OC(C)OC(=O)C(C)Br. The highest BCUT2D eigenvalue weighted by molar-refractivity contribution is 9.10. The molecule has 0 saturated heterocycles. The van der Waals surface area contributed by atoms with Gasteiger partial charge in [-0.2, -0.15) is 0 Å². The van der Waals surface area contributed by atoms with Gasteiger partial charge in [0.15, 0.2) is 12.6 Å². The molecule has 4 unspecified atom stereocenters. The van der Waals surface area contributed by atoms with Crippen molar-refractivity contribution in [1.29, 1.82) is 0 Å². The molecule has 5 nitrogen and oxygen atoms in total. The summed E-state index contributed by atoms with van der Waals surface area (Å²) in [7, 11) is 1.54. The number of carbonyl (C=O) groups excluding carboxylic acids is 1. The number of esters is 1. The molecular formula is C10H19BrO5. The number of alkyl halides is 1. The molecule has 0 aromatic heterocycles. The molecule has 0 saturated carbocycles. The van der Waals surface area contributed by atoms with E-state index < -0.39 is 12.6 Å². The van der Waals surface area contributed by atoms with Crippen molar-refractivity contribution < 1.29 is 23.7 Å². The van der Waals surface area contributed by atoms with Gasteiger partial charge in [0.1, 0.15) is 4.83 Å². The van der Waals surface area contributed by atoms with E-state index in [0.717, 1.165) is 0 Å². The lowest BCUT2D eigenvalue weighted by Crippen LogP contribution is -2.29. The van der Waals surface area contributed by atoms with Crippen molar-refractivity contribution in [2.75, 3.05) is 7.11 Å². The summed E-state index contributed by atoms with van der Waals surface area (Å²) in [5.74, 6) is -0.375. The van der Waals surface area contributed by atoms with Crippen molar-refractivity contribution in [3.63, 3.8) is 0 Å². The number of methoxy groups -OCH3 is 1. The zero-order valence-corrected chi connectivity index (χ0v) is 11.8. The molecule has 0 radical (unpaired) electrons. The summed E-state index contributed by atoms with van der Waals surface area (Å²) >= 11 is 3.10. The number of halogens is 1. The van der Waals surface area contributed by atoms with Crippen LogP contribution in [0, 0.1) is 0 Å². The van der Waals surface area contributed by atoms with E-state index in [2.05, 4.69) is 15.9 Å². The van der Waals surface area contributed by atoms with Gasteiger partial charge in [-0.1, -0.05) is 15.9 Å². The van der Waals surface area contributed by atoms with Crippen LogP contribution in [0.4, 0.5) is 0 Å². The van der Waals surface area contributed by atoms with Crippen LogP contribution in [0.3, 0.4) is 0 Å². The zero-order valence-electron chi connectivity index (χ0n) is 10.2. The van der Waals surface area contributed by atoms with E-state index in [-0.39, 0.29) is 17.1 Å². The molecule has 16 heavy (non-hydrogen) atoms. The van der Waals surface area contributed by atoms with Gasteiger partial charge in [0.05, 0.1) is 0 Å². The van der Waals surface area contributed by atoms with E-state index in [1.165, 1.54) is 7.11 Å². The molecule has 0 aliphatic heterocycles. The van der Waals surface area contributed by atoms with E-state index >= 15 is 0 Å². The second-order valence-electron chi connectivity index (χ2n) is 3.26. The van der Waals surface area contributed by atoms with E-state index in [1.807, 2.05) is 0 Å². The predicted molar refractivity (Wildman–Crippen MR) is 62.0 cm³/mol. The molecule has 4 atom stereocenters. The maximum Gasteiger partial charge on any atom is 0.321 e. The molecule has 0 aliphatic carbocycles. The molecule has 6 heteroatoms. The highest BCUT2D eigenvalue weighted by Crippen LogP contribution is 2.08. The fourth-order valence-corrected chi connectivity index (χ4v) is 1.02. The minimum Gasteiger partial charge on any atom is -0.435 e. The van der Waals surface area contributed by atoms with Gasteiger partial charge in [0.25, 0.3) is 0 Å². The topological polar surface area (TPSA) is 54.0 Å². The third-order valence-corrected chi connectivity index (χ3v) is 2.08. The molecule has 0 spiro atoms. The average Bonchev–Trinajstić information content (AvgIpc) is 2.16. The van der Waals surface area contributed by atoms with Crippen LogP contribution in [-0.2, 0) is 23.7 Å². The number of carbonyl (C=O) groups is 1. The Hall–Kier alpha value is -0.170. The molecule has 96 valence electrons. The van der Waals surface area contributed by atoms with Gasteiger partial charge in [-0.15, -0.1) is 0 Å². The van der Waals surface area contributed by atoms with Crippen LogP contribution in [0.25, 0.3) is 0 Å². The minimum atomic E-state index is -0.661. The fraction of sp³-hybridized carbons (Fsp3) is 0.900. The lowest BCUT2D eigenvalue weighted by atomic mass is 10.5. The number of hydrogen-bond donors (Lipinski definition) is 0. The first-order valence-corrected chi connectivity index (χ1v) is 5.96. The molecule has 0 amide bonds. The Morgan fingerprint density at radius 1 is 1.00 bits per heavy atom. The summed E-state index contributed by atoms with van der Waals surface area (Å²) in [5.41, 5.74) is 0. The molecular weight excluding hydrogens is 280 g/mol. The van der Waals surface area contributed by atoms with E-state index in [4.69, 9.17) is 18.9 Å². The number of rotatable bonds is 7. The Labute approximate surface area is 105 Å². The molecule has 0 rings (SSSR count). The second kappa shape index (κ2) is 8.00. The minimum absolute atomic E-state index is 0.354. The Morgan fingerprint density at radius 2 is 1.50 bits per heavy atom. The van der Waals surface area contributed by atoms with Gasteiger partial charge >= 0.3 is 5.97 Å². The van der Waals surface area contributed by atoms with Crippen molar-refractivity contribution >= 4 is 21.9 Å². The maximum absolute atomic E-state index is 11.2. The van der Waals surface area contributed by atoms with E-state index in [0.29, 0.717) is 0 Å². The maximum atomic E-state index is 11.2. The standard InChI is InChI=1S/C10H19BrO5/c1-6(11)10(12)16-9(4)15-8(3)14-7(2)13-5/h6-9H,1-5H3. The summed E-state index contributed by atoms with van der Waals surface area (Å²) in [4.78, 5) is 10.8. The largest absolute Gasteiger partial charge is 0.435 e. The van der Waals surface area contributed by atoms with Crippen molar-refractivity contribution in [3.8, 4) is 0 Å². The third kappa shape index (κ3) is 7.16. The molecule has 0 N–H and O–H groups in total. The molecule has 0 aliphatic rings. The lowest BCUT2D eigenvalue weighted by molar-refractivity contribution is -0.270. The average molecular weight is 299 g/mol. The summed E-state index contributed by atoms with van der Waals surface area (Å²) in [5, 5.41) is 0. The van der Waals surface area contributed by atoms with Crippen LogP contribution in [0.2, 0.25) is 0 Å². The third-order valence-electron chi connectivity index (χ3n) is 1.71. The predicted octanol–water partition coefficient (Wildman–Crippen LogP) is 2.03. The van der Waals surface area contributed by atoms with Crippen LogP contribution >= 0.6 is 15.9 Å².